The lowest BCUT2D eigenvalue weighted by Gasteiger charge is -2.31. The molecule has 0 aromatic heterocycles. The molecule has 4 nitrogen and oxygen atoms in total. The topological polar surface area (TPSA) is 46.6 Å². The number of unbranched alkanes of at least 4 members (excludes halogenated alkanes) is 3. The number of ether oxygens (including phenoxy) is 1. The monoisotopic (exact) mass is 353 g/mol. The summed E-state index contributed by atoms with van der Waals surface area (Å²) >= 11 is 0. The molecule has 1 aromatic rings. The molecule has 1 amide bonds. The summed E-state index contributed by atoms with van der Waals surface area (Å²) in [5.41, 5.74) is -0.267. The lowest BCUT2D eigenvalue weighted by atomic mass is 9.96. The Kier molecular flexibility index (Phi) is 7.34. The lowest BCUT2D eigenvalue weighted by molar-refractivity contribution is -0.150. The van der Waals surface area contributed by atoms with Gasteiger partial charge in [0.15, 0.2) is 0 Å². The number of carbonyl (C=O) groups excluding carboxylic acids is 2. The van der Waals surface area contributed by atoms with Crippen LogP contribution in [0.15, 0.2) is 18.2 Å². The Morgan fingerprint density at radius 2 is 1.88 bits per heavy atom. The number of rotatable bonds is 7. The molecular weight excluding hydrogens is 328 g/mol. The van der Waals surface area contributed by atoms with Crippen LogP contribution in [0.3, 0.4) is 0 Å². The van der Waals surface area contributed by atoms with Crippen molar-refractivity contribution in [1.82, 2.24) is 4.90 Å². The van der Waals surface area contributed by atoms with Gasteiger partial charge in [0.1, 0.15) is 11.6 Å². The average molecular weight is 353 g/mol. The van der Waals surface area contributed by atoms with Crippen LogP contribution >= 0.6 is 0 Å². The molecule has 6 heteroatoms. The molecule has 1 fully saturated rings. The third-order valence-corrected chi connectivity index (χ3v) is 4.52. The quantitative estimate of drug-likeness (QED) is 0.551. The summed E-state index contributed by atoms with van der Waals surface area (Å²) in [4.78, 5) is 25.8. The second-order valence-electron chi connectivity index (χ2n) is 6.42. The molecule has 0 unspecified atom stereocenters. The van der Waals surface area contributed by atoms with Gasteiger partial charge in [-0.3, -0.25) is 9.59 Å². The number of hydrogen-bond acceptors (Lipinski definition) is 3. The zero-order valence-corrected chi connectivity index (χ0v) is 14.6. The van der Waals surface area contributed by atoms with Gasteiger partial charge in [-0.2, -0.15) is 0 Å². The summed E-state index contributed by atoms with van der Waals surface area (Å²) in [5, 5.41) is 0. The number of halogens is 2. The van der Waals surface area contributed by atoms with E-state index in [2.05, 4.69) is 6.92 Å². The Hall–Kier alpha value is -1.98. The lowest BCUT2D eigenvalue weighted by Crippen LogP contribution is -2.41. The van der Waals surface area contributed by atoms with E-state index in [1.54, 1.807) is 0 Å². The van der Waals surface area contributed by atoms with Crippen LogP contribution < -0.4 is 0 Å². The molecule has 1 saturated heterocycles. The first-order chi connectivity index (χ1) is 12.0. The van der Waals surface area contributed by atoms with E-state index in [9.17, 15) is 18.4 Å². The largest absolute Gasteiger partial charge is 0.465 e. The van der Waals surface area contributed by atoms with Crippen molar-refractivity contribution in [3.8, 4) is 0 Å². The van der Waals surface area contributed by atoms with Crippen molar-refractivity contribution in [3.63, 3.8) is 0 Å². The maximum absolute atomic E-state index is 13.7. The smallest absolute Gasteiger partial charge is 0.309 e. The van der Waals surface area contributed by atoms with Crippen LogP contribution in [0.4, 0.5) is 8.78 Å². The first-order valence-electron chi connectivity index (χ1n) is 8.94. The zero-order chi connectivity index (χ0) is 18.2. The average Bonchev–Trinajstić information content (AvgIpc) is 2.63. The van der Waals surface area contributed by atoms with Gasteiger partial charge in [-0.1, -0.05) is 26.2 Å². The first-order valence-corrected chi connectivity index (χ1v) is 8.94. The molecule has 0 atom stereocenters. The minimum absolute atomic E-state index is 0.222. The minimum atomic E-state index is -0.736. The number of esters is 1. The molecule has 0 aliphatic carbocycles. The van der Waals surface area contributed by atoms with E-state index >= 15 is 0 Å². The van der Waals surface area contributed by atoms with Gasteiger partial charge in [0.2, 0.25) is 0 Å². The molecule has 25 heavy (non-hydrogen) atoms. The van der Waals surface area contributed by atoms with E-state index < -0.39 is 17.5 Å². The molecule has 0 saturated carbocycles. The van der Waals surface area contributed by atoms with Crippen LogP contribution in [-0.2, 0) is 9.53 Å². The number of nitrogens with zero attached hydrogens (tertiary/aromatic N) is 1. The van der Waals surface area contributed by atoms with Crippen molar-refractivity contribution >= 4 is 11.9 Å². The molecule has 0 radical (unpaired) electrons. The van der Waals surface area contributed by atoms with E-state index in [1.807, 2.05) is 0 Å². The van der Waals surface area contributed by atoms with Gasteiger partial charge in [0.25, 0.3) is 5.91 Å². The molecule has 0 bridgehead atoms. The van der Waals surface area contributed by atoms with Gasteiger partial charge in [-0.25, -0.2) is 8.78 Å². The van der Waals surface area contributed by atoms with Crippen molar-refractivity contribution < 1.29 is 23.1 Å². The van der Waals surface area contributed by atoms with Crippen molar-refractivity contribution in [2.45, 2.75) is 45.4 Å². The molecule has 0 spiro atoms. The van der Waals surface area contributed by atoms with Crippen LogP contribution in [0.5, 0.6) is 0 Å². The number of likely N-dealkylation sites (tertiary alicyclic amines) is 1. The fraction of sp³-hybridized carbons (Fsp3) is 0.579. The predicted molar refractivity (Wildman–Crippen MR) is 90.1 cm³/mol. The fourth-order valence-electron chi connectivity index (χ4n) is 2.97. The maximum Gasteiger partial charge on any atom is 0.309 e. The van der Waals surface area contributed by atoms with Crippen molar-refractivity contribution in [3.05, 3.63) is 35.4 Å². The fourth-order valence-corrected chi connectivity index (χ4v) is 2.97. The molecule has 138 valence electrons. The predicted octanol–water partition coefficient (Wildman–Crippen LogP) is 3.94. The van der Waals surface area contributed by atoms with Gasteiger partial charge in [0, 0.05) is 13.1 Å². The molecule has 0 N–H and O–H groups in total. The summed E-state index contributed by atoms with van der Waals surface area (Å²) < 4.78 is 32.3. The highest BCUT2D eigenvalue weighted by Crippen LogP contribution is 2.22. The normalized spacial score (nSPS) is 15.2. The summed E-state index contributed by atoms with van der Waals surface area (Å²) in [6.07, 6.45) is 5.15. The van der Waals surface area contributed by atoms with Gasteiger partial charge >= 0.3 is 5.97 Å². The number of benzene rings is 1. The highest BCUT2D eigenvalue weighted by molar-refractivity contribution is 5.94. The Bertz CT molecular complexity index is 598. The van der Waals surface area contributed by atoms with Crippen LogP contribution in [0.25, 0.3) is 0 Å². The van der Waals surface area contributed by atoms with E-state index in [0.717, 1.165) is 43.9 Å². The first kappa shape index (κ1) is 19.3. The van der Waals surface area contributed by atoms with Crippen LogP contribution in [-0.4, -0.2) is 36.5 Å². The summed E-state index contributed by atoms with van der Waals surface area (Å²) in [6.45, 7) is 3.23. The van der Waals surface area contributed by atoms with Crippen molar-refractivity contribution in [1.29, 1.82) is 0 Å². The maximum atomic E-state index is 13.7. The third-order valence-electron chi connectivity index (χ3n) is 4.52. The number of amides is 1. The van der Waals surface area contributed by atoms with Gasteiger partial charge in [-0.05, 0) is 37.5 Å². The summed E-state index contributed by atoms with van der Waals surface area (Å²) in [7, 11) is 0. The van der Waals surface area contributed by atoms with Crippen LogP contribution in [0, 0.1) is 17.6 Å². The molecule has 1 aromatic carbocycles. The zero-order valence-electron chi connectivity index (χ0n) is 14.6. The molecule has 1 aliphatic heterocycles. The molecular formula is C19H25F2NO3. The molecule has 2 rings (SSSR count). The highest BCUT2D eigenvalue weighted by Gasteiger charge is 2.29. The van der Waals surface area contributed by atoms with E-state index in [4.69, 9.17) is 4.74 Å². The summed E-state index contributed by atoms with van der Waals surface area (Å²) in [6, 6.07) is 2.84. The van der Waals surface area contributed by atoms with Gasteiger partial charge < -0.3 is 9.64 Å². The minimum Gasteiger partial charge on any atom is -0.465 e. The van der Waals surface area contributed by atoms with E-state index in [0.29, 0.717) is 32.5 Å². The van der Waals surface area contributed by atoms with Gasteiger partial charge in [0.05, 0.1) is 18.1 Å². The Labute approximate surface area is 147 Å². The Balaban J connectivity index is 1.80. The number of hydrogen-bond donors (Lipinski definition) is 0. The summed E-state index contributed by atoms with van der Waals surface area (Å²) in [5.74, 6) is -2.37. The number of carbonyl (C=O) groups is 2. The van der Waals surface area contributed by atoms with Crippen LogP contribution in [0.1, 0.15) is 55.8 Å². The van der Waals surface area contributed by atoms with E-state index in [-0.39, 0.29) is 17.5 Å². The van der Waals surface area contributed by atoms with Crippen molar-refractivity contribution in [2.24, 2.45) is 5.92 Å². The van der Waals surface area contributed by atoms with Crippen LogP contribution in [0.2, 0.25) is 0 Å². The van der Waals surface area contributed by atoms with Gasteiger partial charge in [-0.15, -0.1) is 0 Å². The third kappa shape index (κ3) is 5.51. The molecule has 1 heterocycles. The molecule has 1 aliphatic rings. The second-order valence-corrected chi connectivity index (χ2v) is 6.42. The standard InChI is InChI=1S/C19H25F2NO3/c1-2-3-4-5-12-25-19(24)14-8-10-22(11-9-14)18(23)16-13-15(20)6-7-17(16)21/h6-7,13-14H,2-5,8-12H2,1H3. The Morgan fingerprint density at radius 3 is 2.56 bits per heavy atom. The van der Waals surface area contributed by atoms with Crippen molar-refractivity contribution in [2.75, 3.05) is 19.7 Å². The SMILES string of the molecule is CCCCCCOC(=O)C1CCN(C(=O)c2cc(F)ccc2F)CC1. The second kappa shape index (κ2) is 9.49. The number of piperidine rings is 1. The highest BCUT2D eigenvalue weighted by atomic mass is 19.1. The van der Waals surface area contributed by atoms with E-state index in [1.165, 1.54) is 4.90 Å². The Morgan fingerprint density at radius 1 is 1.16 bits per heavy atom.